The molecule has 13 heteroatoms. The van der Waals surface area contributed by atoms with Gasteiger partial charge in [-0.2, -0.15) is 0 Å². The largest absolute Gasteiger partial charge is 0.497 e. The molecule has 1 aromatic heterocycles. The van der Waals surface area contributed by atoms with Crippen LogP contribution in [0.3, 0.4) is 0 Å². The van der Waals surface area contributed by atoms with Crippen LogP contribution in [0.2, 0.25) is 0 Å². The summed E-state index contributed by atoms with van der Waals surface area (Å²) in [6, 6.07) is 10.9. The Morgan fingerprint density at radius 3 is 2.42 bits per heavy atom. The van der Waals surface area contributed by atoms with Crippen molar-refractivity contribution in [3.8, 4) is 5.75 Å². The first-order valence-electron chi connectivity index (χ1n) is 12.1. The third-order valence-corrected chi connectivity index (χ3v) is 10.2. The summed E-state index contributed by atoms with van der Waals surface area (Å²) >= 11 is 1.25. The molecule has 0 unspecified atom stereocenters. The van der Waals surface area contributed by atoms with E-state index < -0.39 is 19.7 Å². The Hall–Kier alpha value is -2.58. The van der Waals surface area contributed by atoms with Gasteiger partial charge in [-0.25, -0.2) is 21.8 Å². The minimum absolute atomic E-state index is 0.0308. The van der Waals surface area contributed by atoms with E-state index >= 15 is 0 Å². The van der Waals surface area contributed by atoms with Crippen LogP contribution in [-0.4, -0.2) is 91.1 Å². The number of ether oxygens (including phenoxy) is 2. The Bertz CT molecular complexity index is 1480. The number of thiazole rings is 1. The van der Waals surface area contributed by atoms with Gasteiger partial charge >= 0.3 is 0 Å². The third kappa shape index (κ3) is 7.08. The zero-order chi connectivity index (χ0) is 27.3. The highest BCUT2D eigenvalue weighted by molar-refractivity contribution is 7.91. The van der Waals surface area contributed by atoms with Gasteiger partial charge in [-0.05, 0) is 48.9 Å². The number of carbonyl (C=O) groups is 1. The standard InChI is InChI=1S/C25H31N3O7S3/c1-34-19-5-7-20(8-6-19)38(32,33)17-3-4-24(29)28(12-11-27-13-15-35-16-14-27)25-26-22-10-9-21(37(2,30)31)18-23(22)36-25/h5-10,18H,3-4,11-17H2,1-2H3. The van der Waals surface area contributed by atoms with E-state index in [-0.39, 0.29) is 34.3 Å². The number of fused-ring (bicyclic) bond motifs is 1. The van der Waals surface area contributed by atoms with Crippen molar-refractivity contribution < 1.29 is 31.1 Å². The SMILES string of the molecule is COc1ccc(S(=O)(=O)CCCC(=O)N(CCN2CCOCC2)c2nc3ccc(S(C)(=O)=O)cc3s2)cc1. The summed E-state index contributed by atoms with van der Waals surface area (Å²) < 4.78 is 60.7. The minimum Gasteiger partial charge on any atom is -0.497 e. The molecule has 0 saturated carbocycles. The Labute approximate surface area is 227 Å². The molecule has 0 aliphatic carbocycles. The molecule has 1 aliphatic heterocycles. The van der Waals surface area contributed by atoms with Crippen molar-refractivity contribution in [2.75, 3.05) is 63.4 Å². The molecule has 2 aromatic carbocycles. The first-order valence-corrected chi connectivity index (χ1v) is 16.5. The summed E-state index contributed by atoms with van der Waals surface area (Å²) in [5.74, 6) is 0.167. The van der Waals surface area contributed by atoms with Gasteiger partial charge in [0.05, 0.1) is 46.1 Å². The van der Waals surface area contributed by atoms with Crippen molar-refractivity contribution in [2.45, 2.75) is 22.6 Å². The van der Waals surface area contributed by atoms with Crippen LogP contribution in [-0.2, 0) is 29.2 Å². The second-order valence-electron chi connectivity index (χ2n) is 9.00. The molecular formula is C25H31N3O7S3. The van der Waals surface area contributed by atoms with Crippen molar-refractivity contribution in [2.24, 2.45) is 0 Å². The maximum atomic E-state index is 13.4. The summed E-state index contributed by atoms with van der Waals surface area (Å²) in [7, 11) is -5.43. The number of hydrogen-bond donors (Lipinski definition) is 0. The van der Waals surface area contributed by atoms with Gasteiger partial charge in [0.15, 0.2) is 24.8 Å². The summed E-state index contributed by atoms with van der Waals surface area (Å²) in [5.41, 5.74) is 0.601. The third-order valence-electron chi connectivity index (χ3n) is 6.27. The van der Waals surface area contributed by atoms with E-state index in [1.807, 2.05) is 0 Å². The van der Waals surface area contributed by atoms with Crippen molar-refractivity contribution >= 4 is 52.3 Å². The van der Waals surface area contributed by atoms with Gasteiger partial charge < -0.3 is 9.47 Å². The molecule has 1 amide bonds. The Morgan fingerprint density at radius 1 is 1.08 bits per heavy atom. The monoisotopic (exact) mass is 581 g/mol. The highest BCUT2D eigenvalue weighted by Crippen LogP contribution is 2.31. The van der Waals surface area contributed by atoms with E-state index in [9.17, 15) is 21.6 Å². The quantitative estimate of drug-likeness (QED) is 0.336. The molecular weight excluding hydrogens is 550 g/mol. The van der Waals surface area contributed by atoms with E-state index in [0.29, 0.717) is 47.4 Å². The normalized spacial score (nSPS) is 15.0. The fourth-order valence-electron chi connectivity index (χ4n) is 4.08. The summed E-state index contributed by atoms with van der Waals surface area (Å²) in [4.78, 5) is 22.1. The number of sulfone groups is 2. The van der Waals surface area contributed by atoms with Gasteiger partial charge in [-0.1, -0.05) is 11.3 Å². The van der Waals surface area contributed by atoms with E-state index in [4.69, 9.17) is 9.47 Å². The van der Waals surface area contributed by atoms with Gasteiger partial charge in [0, 0.05) is 38.9 Å². The highest BCUT2D eigenvalue weighted by atomic mass is 32.2. The summed E-state index contributed by atoms with van der Waals surface area (Å²) in [5, 5.41) is 0.460. The number of nitrogens with zero attached hydrogens (tertiary/aromatic N) is 3. The summed E-state index contributed by atoms with van der Waals surface area (Å²) in [6.45, 7) is 3.78. The van der Waals surface area contributed by atoms with E-state index in [0.717, 1.165) is 19.3 Å². The van der Waals surface area contributed by atoms with Crippen molar-refractivity contribution in [1.29, 1.82) is 0 Å². The molecule has 1 saturated heterocycles. The average Bonchev–Trinajstić information content (AvgIpc) is 3.32. The van der Waals surface area contributed by atoms with Gasteiger partial charge in [-0.3, -0.25) is 14.6 Å². The Balaban J connectivity index is 1.49. The van der Waals surface area contributed by atoms with Crippen LogP contribution in [0.1, 0.15) is 12.8 Å². The Morgan fingerprint density at radius 2 is 1.76 bits per heavy atom. The molecule has 4 rings (SSSR count). The molecule has 1 fully saturated rings. The number of amides is 1. The zero-order valence-electron chi connectivity index (χ0n) is 21.3. The van der Waals surface area contributed by atoms with Crippen molar-refractivity contribution in [3.63, 3.8) is 0 Å². The lowest BCUT2D eigenvalue weighted by molar-refractivity contribution is -0.118. The Kier molecular flexibility index (Phi) is 9.04. The number of rotatable bonds is 11. The second kappa shape index (κ2) is 12.1. The molecule has 0 bridgehead atoms. The van der Waals surface area contributed by atoms with E-state index in [1.165, 1.54) is 36.6 Å². The molecule has 1 aliphatic rings. The number of methoxy groups -OCH3 is 1. The second-order valence-corrected chi connectivity index (χ2v) is 14.1. The maximum Gasteiger partial charge on any atom is 0.228 e. The van der Waals surface area contributed by atoms with Crippen LogP contribution < -0.4 is 9.64 Å². The van der Waals surface area contributed by atoms with Crippen LogP contribution in [0.5, 0.6) is 5.75 Å². The molecule has 38 heavy (non-hydrogen) atoms. The molecule has 0 spiro atoms. The molecule has 10 nitrogen and oxygen atoms in total. The smallest absolute Gasteiger partial charge is 0.228 e. The number of anilines is 1. The fraction of sp³-hybridized carbons (Fsp3) is 0.440. The molecule has 206 valence electrons. The molecule has 2 heterocycles. The van der Waals surface area contributed by atoms with Crippen LogP contribution in [0, 0.1) is 0 Å². The highest BCUT2D eigenvalue weighted by Gasteiger charge is 2.23. The zero-order valence-corrected chi connectivity index (χ0v) is 23.8. The van der Waals surface area contributed by atoms with Crippen LogP contribution in [0.25, 0.3) is 10.2 Å². The molecule has 0 atom stereocenters. The van der Waals surface area contributed by atoms with Crippen LogP contribution >= 0.6 is 11.3 Å². The average molecular weight is 582 g/mol. The number of benzene rings is 2. The lowest BCUT2D eigenvalue weighted by Crippen LogP contribution is -2.43. The van der Waals surface area contributed by atoms with Gasteiger partial charge in [0.1, 0.15) is 5.75 Å². The van der Waals surface area contributed by atoms with Gasteiger partial charge in [0.25, 0.3) is 0 Å². The fourth-order valence-corrected chi connectivity index (χ4v) is 7.16. The number of aromatic nitrogens is 1. The number of carbonyl (C=O) groups excluding carboxylic acids is 1. The predicted octanol–water partition coefficient (Wildman–Crippen LogP) is 2.63. The maximum absolute atomic E-state index is 13.4. The van der Waals surface area contributed by atoms with Crippen LogP contribution in [0.15, 0.2) is 52.3 Å². The molecule has 0 N–H and O–H groups in total. The van der Waals surface area contributed by atoms with Crippen LogP contribution in [0.4, 0.5) is 5.13 Å². The lowest BCUT2D eigenvalue weighted by Gasteiger charge is -2.29. The van der Waals surface area contributed by atoms with E-state index in [1.54, 1.807) is 29.2 Å². The number of morpholine rings is 1. The van der Waals surface area contributed by atoms with Gasteiger partial charge in [-0.15, -0.1) is 0 Å². The predicted molar refractivity (Wildman–Crippen MR) is 147 cm³/mol. The van der Waals surface area contributed by atoms with Crippen molar-refractivity contribution in [3.05, 3.63) is 42.5 Å². The van der Waals surface area contributed by atoms with E-state index in [2.05, 4.69) is 9.88 Å². The van der Waals surface area contributed by atoms with Crippen molar-refractivity contribution in [1.82, 2.24) is 9.88 Å². The molecule has 0 radical (unpaired) electrons. The lowest BCUT2D eigenvalue weighted by atomic mass is 10.3. The first-order chi connectivity index (χ1) is 18.1. The molecule has 3 aromatic rings. The number of hydrogen-bond acceptors (Lipinski definition) is 10. The minimum atomic E-state index is -3.56. The topological polar surface area (TPSA) is 123 Å². The van der Waals surface area contributed by atoms with Gasteiger partial charge in [0.2, 0.25) is 5.91 Å². The summed E-state index contributed by atoms with van der Waals surface area (Å²) in [6.07, 6.45) is 1.33. The first kappa shape index (κ1) is 28.4.